The first-order valence-corrected chi connectivity index (χ1v) is 12.7. The first-order chi connectivity index (χ1) is 17.7. The lowest BCUT2D eigenvalue weighted by Gasteiger charge is -2.43. The molecule has 0 radical (unpaired) electrons. The molecule has 0 aromatic carbocycles. The SMILES string of the molecule is CC1=C2C(=O)OC[C@@H](C(=O)O[C@H]3[C@@H]4C=CO[C@@H](O[C@@H]5O[C@H](CO)[C@H](O)[C@@H](O)[C@@H]5O)[C@@H]4[C@@]4(C)O[C@@H]34)[C@H]2CC1. The fraction of sp³-hybridized carbons (Fsp3) is 0.760. The Hall–Kier alpha value is -2.06. The van der Waals surface area contributed by atoms with Crippen LogP contribution in [-0.4, -0.2) is 100 Å². The van der Waals surface area contributed by atoms with Crippen molar-refractivity contribution in [2.24, 2.45) is 23.7 Å². The highest BCUT2D eigenvalue weighted by atomic mass is 16.8. The maximum atomic E-state index is 13.3. The zero-order valence-electron chi connectivity index (χ0n) is 20.5. The molecule has 204 valence electrons. The molecular formula is C25H32O12. The molecule has 0 unspecified atom stereocenters. The lowest BCUT2D eigenvalue weighted by atomic mass is 9.84. The fourth-order valence-electron chi connectivity index (χ4n) is 6.75. The first-order valence-electron chi connectivity index (χ1n) is 12.7. The normalized spacial score (nSPS) is 50.1. The van der Waals surface area contributed by atoms with E-state index in [4.69, 9.17) is 28.4 Å². The Balaban J connectivity index is 1.17. The summed E-state index contributed by atoms with van der Waals surface area (Å²) < 4.78 is 34.4. The van der Waals surface area contributed by atoms with Crippen LogP contribution >= 0.6 is 0 Å². The molecule has 2 aliphatic carbocycles. The van der Waals surface area contributed by atoms with Gasteiger partial charge < -0.3 is 48.8 Å². The van der Waals surface area contributed by atoms with Crippen LogP contribution in [0.25, 0.3) is 0 Å². The minimum atomic E-state index is -1.59. The minimum Gasteiger partial charge on any atom is -0.472 e. The number of aliphatic hydroxyl groups is 4. The number of hydrogen-bond donors (Lipinski definition) is 4. The van der Waals surface area contributed by atoms with Gasteiger partial charge >= 0.3 is 11.9 Å². The number of esters is 2. The molecule has 3 saturated heterocycles. The summed E-state index contributed by atoms with van der Waals surface area (Å²) in [5.74, 6) is -2.38. The molecule has 6 aliphatic rings. The summed E-state index contributed by atoms with van der Waals surface area (Å²) in [4.78, 5) is 25.6. The van der Waals surface area contributed by atoms with E-state index in [9.17, 15) is 30.0 Å². The van der Waals surface area contributed by atoms with Crippen LogP contribution < -0.4 is 0 Å². The molecule has 13 atom stereocenters. The number of carbonyl (C=O) groups excluding carboxylic acids is 2. The number of carbonyl (C=O) groups is 2. The molecule has 37 heavy (non-hydrogen) atoms. The van der Waals surface area contributed by atoms with Crippen LogP contribution in [0.1, 0.15) is 26.7 Å². The number of ether oxygens (including phenoxy) is 6. The van der Waals surface area contributed by atoms with Crippen LogP contribution in [0, 0.1) is 23.7 Å². The lowest BCUT2D eigenvalue weighted by Crippen LogP contribution is -2.60. The summed E-state index contributed by atoms with van der Waals surface area (Å²) in [6.07, 6.45) is -4.58. The van der Waals surface area contributed by atoms with Crippen molar-refractivity contribution in [2.45, 2.75) is 81.5 Å². The highest BCUT2D eigenvalue weighted by Crippen LogP contribution is 2.60. The molecule has 12 heteroatoms. The van der Waals surface area contributed by atoms with Gasteiger partial charge in [0.15, 0.2) is 6.29 Å². The maximum Gasteiger partial charge on any atom is 0.334 e. The standard InChI is InChI=1S/C25H32O12/c1-9-3-4-10-12(8-33-22(31)14(9)10)21(30)35-19-11-5-6-32-23(15(11)25(2)20(19)37-25)36-24-18(29)17(28)16(27)13(7-26)34-24/h5-6,10-13,15-20,23-24,26-29H,3-4,7-8H2,1-2H3/t10-,11-,12-,13-,15-,16+,17-,18+,19+,20+,23+,24+,25-/m1/s1. The Morgan fingerprint density at radius 3 is 2.73 bits per heavy atom. The van der Waals surface area contributed by atoms with E-state index in [1.807, 2.05) is 13.8 Å². The van der Waals surface area contributed by atoms with Gasteiger partial charge in [-0.05, 0) is 32.8 Å². The van der Waals surface area contributed by atoms with Crippen molar-refractivity contribution in [3.8, 4) is 0 Å². The molecule has 6 rings (SSSR count). The molecule has 0 spiro atoms. The Morgan fingerprint density at radius 1 is 1.19 bits per heavy atom. The number of epoxide rings is 1. The number of rotatable bonds is 5. The molecule has 4 aliphatic heterocycles. The molecule has 0 amide bonds. The van der Waals surface area contributed by atoms with E-state index in [2.05, 4.69) is 0 Å². The van der Waals surface area contributed by atoms with Crippen LogP contribution in [0.4, 0.5) is 0 Å². The zero-order chi connectivity index (χ0) is 26.2. The second-order valence-corrected chi connectivity index (χ2v) is 10.9. The predicted octanol–water partition coefficient (Wildman–Crippen LogP) is -1.11. The Bertz CT molecular complexity index is 1020. The molecular weight excluding hydrogens is 492 g/mol. The van der Waals surface area contributed by atoms with Crippen LogP contribution in [0.5, 0.6) is 0 Å². The molecule has 1 saturated carbocycles. The van der Waals surface area contributed by atoms with Crippen molar-refractivity contribution >= 4 is 11.9 Å². The summed E-state index contributed by atoms with van der Waals surface area (Å²) in [5, 5.41) is 40.0. The number of cyclic esters (lactones) is 1. The smallest absolute Gasteiger partial charge is 0.334 e. The van der Waals surface area contributed by atoms with Crippen LogP contribution in [0.15, 0.2) is 23.5 Å². The van der Waals surface area contributed by atoms with Gasteiger partial charge in [-0.15, -0.1) is 0 Å². The molecule has 0 bridgehead atoms. The summed E-state index contributed by atoms with van der Waals surface area (Å²) in [5.41, 5.74) is 0.795. The van der Waals surface area contributed by atoms with Gasteiger partial charge in [0.25, 0.3) is 0 Å². The number of allylic oxidation sites excluding steroid dienone is 1. The van der Waals surface area contributed by atoms with E-state index in [1.54, 1.807) is 6.08 Å². The van der Waals surface area contributed by atoms with Crippen molar-refractivity contribution in [1.82, 2.24) is 0 Å². The minimum absolute atomic E-state index is 0.0233. The van der Waals surface area contributed by atoms with Gasteiger partial charge in [0.05, 0.1) is 24.7 Å². The third-order valence-electron chi connectivity index (χ3n) is 8.88. The topological polar surface area (TPSA) is 174 Å². The average Bonchev–Trinajstić information content (AvgIpc) is 3.31. The van der Waals surface area contributed by atoms with E-state index >= 15 is 0 Å². The second-order valence-electron chi connectivity index (χ2n) is 10.9. The molecule has 0 aromatic heterocycles. The third kappa shape index (κ3) is 3.84. The van der Waals surface area contributed by atoms with Gasteiger partial charge in [0, 0.05) is 17.4 Å². The van der Waals surface area contributed by atoms with Crippen molar-refractivity contribution in [3.05, 3.63) is 23.5 Å². The van der Waals surface area contributed by atoms with Gasteiger partial charge in [0.2, 0.25) is 6.29 Å². The number of fused-ring (bicyclic) bond motifs is 4. The van der Waals surface area contributed by atoms with Gasteiger partial charge in [-0.2, -0.15) is 0 Å². The quantitative estimate of drug-likeness (QED) is 0.253. The Kier molecular flexibility index (Phi) is 6.14. The predicted molar refractivity (Wildman–Crippen MR) is 119 cm³/mol. The Labute approximate surface area is 212 Å². The fourth-order valence-corrected chi connectivity index (χ4v) is 6.75. The molecule has 4 N–H and O–H groups in total. The number of aliphatic hydroxyl groups excluding tert-OH is 4. The third-order valence-corrected chi connectivity index (χ3v) is 8.88. The van der Waals surface area contributed by atoms with Gasteiger partial charge in [0.1, 0.15) is 48.8 Å². The van der Waals surface area contributed by atoms with Crippen molar-refractivity contribution in [1.29, 1.82) is 0 Å². The molecule has 4 fully saturated rings. The average molecular weight is 525 g/mol. The van der Waals surface area contributed by atoms with E-state index in [0.29, 0.717) is 12.0 Å². The van der Waals surface area contributed by atoms with Crippen LogP contribution in [-0.2, 0) is 38.0 Å². The lowest BCUT2D eigenvalue weighted by molar-refractivity contribution is -0.344. The summed E-state index contributed by atoms with van der Waals surface area (Å²) in [6, 6.07) is 0. The summed E-state index contributed by atoms with van der Waals surface area (Å²) in [6.45, 7) is 3.14. The summed E-state index contributed by atoms with van der Waals surface area (Å²) in [7, 11) is 0. The van der Waals surface area contributed by atoms with Crippen molar-refractivity contribution in [2.75, 3.05) is 13.2 Å². The highest BCUT2D eigenvalue weighted by molar-refractivity contribution is 5.93. The summed E-state index contributed by atoms with van der Waals surface area (Å²) >= 11 is 0. The molecule has 4 heterocycles. The van der Waals surface area contributed by atoms with Gasteiger partial charge in [-0.25, -0.2) is 4.79 Å². The highest BCUT2D eigenvalue weighted by Gasteiger charge is 2.75. The molecule has 12 nitrogen and oxygen atoms in total. The van der Waals surface area contributed by atoms with Crippen LogP contribution in [0.2, 0.25) is 0 Å². The number of hydrogen-bond acceptors (Lipinski definition) is 12. The second kappa shape index (κ2) is 9.01. The van der Waals surface area contributed by atoms with E-state index in [0.717, 1.165) is 12.0 Å². The van der Waals surface area contributed by atoms with Crippen molar-refractivity contribution in [3.63, 3.8) is 0 Å². The molecule has 0 aromatic rings. The van der Waals surface area contributed by atoms with Crippen LogP contribution in [0.3, 0.4) is 0 Å². The maximum absolute atomic E-state index is 13.3. The Morgan fingerprint density at radius 2 is 1.97 bits per heavy atom. The zero-order valence-corrected chi connectivity index (χ0v) is 20.5. The van der Waals surface area contributed by atoms with Crippen molar-refractivity contribution < 1.29 is 58.4 Å². The van der Waals surface area contributed by atoms with E-state index in [-0.39, 0.29) is 24.4 Å². The van der Waals surface area contributed by atoms with E-state index < -0.39 is 79.2 Å². The largest absolute Gasteiger partial charge is 0.472 e. The van der Waals surface area contributed by atoms with E-state index in [1.165, 1.54) is 6.26 Å². The monoisotopic (exact) mass is 524 g/mol. The first kappa shape index (κ1) is 25.2. The van der Waals surface area contributed by atoms with Gasteiger partial charge in [-0.3, -0.25) is 4.79 Å². The van der Waals surface area contributed by atoms with Gasteiger partial charge in [-0.1, -0.05) is 5.57 Å².